The first-order valence-electron chi connectivity index (χ1n) is 12.5. The SMILES string of the molecule is C=CC(=O)Nc1cccc(Oc2nc(Nc3cc(C)c(C4CCN(C)CC4)cc3OC)nc3ccnn23)c1. The van der Waals surface area contributed by atoms with E-state index in [9.17, 15) is 4.79 Å². The number of methoxy groups -OCH3 is 1. The van der Waals surface area contributed by atoms with Crippen molar-refractivity contribution >= 4 is 28.9 Å². The first-order chi connectivity index (χ1) is 18.4. The zero-order valence-electron chi connectivity index (χ0n) is 21.8. The Bertz CT molecular complexity index is 1470. The second-order valence-electron chi connectivity index (χ2n) is 9.37. The molecule has 1 aliphatic rings. The summed E-state index contributed by atoms with van der Waals surface area (Å²) in [5.41, 5.74) is 4.42. The summed E-state index contributed by atoms with van der Waals surface area (Å²) < 4.78 is 13.3. The molecular weight excluding hydrogens is 482 g/mol. The normalized spacial score (nSPS) is 14.3. The van der Waals surface area contributed by atoms with Gasteiger partial charge in [0.2, 0.25) is 11.9 Å². The van der Waals surface area contributed by atoms with Gasteiger partial charge in [-0.25, -0.2) is 0 Å². The minimum absolute atomic E-state index is 0.216. The zero-order chi connectivity index (χ0) is 26.6. The molecule has 0 spiro atoms. The van der Waals surface area contributed by atoms with Crippen LogP contribution < -0.4 is 20.1 Å². The minimum Gasteiger partial charge on any atom is -0.495 e. The Labute approximate surface area is 221 Å². The standard InChI is InChI=1S/C28H31N7O3/c1-5-26(36)30-20-7-6-8-21(16-20)38-28-33-27(32-25-9-12-29-35(25)28)31-23-15-18(2)22(17-24(23)37-4)19-10-13-34(3)14-11-19/h5-9,12,15-17,19H,1,10-11,13-14H2,2-4H3,(H,30,36)(H,31,32). The molecule has 2 aromatic heterocycles. The van der Waals surface area contributed by atoms with Gasteiger partial charge in [0.05, 0.1) is 19.0 Å². The Morgan fingerprint density at radius 1 is 1.16 bits per heavy atom. The molecule has 0 bridgehead atoms. The first kappa shape index (κ1) is 25.2. The number of anilines is 3. The van der Waals surface area contributed by atoms with Gasteiger partial charge in [-0.2, -0.15) is 19.6 Å². The quantitative estimate of drug-likeness (QED) is 0.320. The Kier molecular flexibility index (Phi) is 7.23. The second kappa shape index (κ2) is 10.9. The number of aromatic nitrogens is 4. The number of fused-ring (bicyclic) bond motifs is 1. The van der Waals surface area contributed by atoms with Crippen molar-refractivity contribution in [1.29, 1.82) is 0 Å². The van der Waals surface area contributed by atoms with E-state index >= 15 is 0 Å². The number of amides is 1. The molecule has 196 valence electrons. The predicted octanol–water partition coefficient (Wildman–Crippen LogP) is 4.91. The van der Waals surface area contributed by atoms with Crippen molar-refractivity contribution in [3.8, 4) is 17.5 Å². The van der Waals surface area contributed by atoms with Crippen molar-refractivity contribution in [2.45, 2.75) is 25.7 Å². The van der Waals surface area contributed by atoms with E-state index in [1.165, 1.54) is 21.7 Å². The van der Waals surface area contributed by atoms with Crippen LogP contribution in [0.5, 0.6) is 17.5 Å². The molecular formula is C28H31N7O3. The Hall–Kier alpha value is -4.44. The number of benzene rings is 2. The number of carbonyl (C=O) groups excluding carboxylic acids is 1. The van der Waals surface area contributed by atoms with E-state index in [1.807, 2.05) is 0 Å². The highest BCUT2D eigenvalue weighted by Gasteiger charge is 2.22. The largest absolute Gasteiger partial charge is 0.495 e. The van der Waals surface area contributed by atoms with Crippen LogP contribution in [-0.4, -0.2) is 57.6 Å². The second-order valence-corrected chi connectivity index (χ2v) is 9.37. The molecule has 4 aromatic rings. The lowest BCUT2D eigenvalue weighted by Gasteiger charge is -2.30. The predicted molar refractivity (Wildman–Crippen MR) is 147 cm³/mol. The molecule has 0 aliphatic carbocycles. The third kappa shape index (κ3) is 5.45. The number of hydrogen-bond donors (Lipinski definition) is 2. The van der Waals surface area contributed by atoms with E-state index in [2.05, 4.69) is 63.3 Å². The third-order valence-corrected chi connectivity index (χ3v) is 6.72. The van der Waals surface area contributed by atoms with Crippen LogP contribution in [0, 0.1) is 6.92 Å². The number of nitrogens with one attached hydrogen (secondary N) is 2. The van der Waals surface area contributed by atoms with E-state index in [0.717, 1.165) is 37.4 Å². The fourth-order valence-corrected chi connectivity index (χ4v) is 4.71. The summed E-state index contributed by atoms with van der Waals surface area (Å²) in [5.74, 6) is 1.75. The summed E-state index contributed by atoms with van der Waals surface area (Å²) in [6.45, 7) is 7.80. The van der Waals surface area contributed by atoms with Gasteiger partial charge in [-0.15, -0.1) is 0 Å². The van der Waals surface area contributed by atoms with Crippen molar-refractivity contribution in [3.05, 3.63) is 72.4 Å². The van der Waals surface area contributed by atoms with Gasteiger partial charge in [0, 0.05) is 17.8 Å². The molecule has 2 N–H and O–H groups in total. The summed E-state index contributed by atoms with van der Waals surface area (Å²) in [5, 5.41) is 10.3. The number of ether oxygens (including phenoxy) is 2. The topological polar surface area (TPSA) is 106 Å². The van der Waals surface area contributed by atoms with Gasteiger partial charge >= 0.3 is 6.01 Å². The Balaban J connectivity index is 1.43. The van der Waals surface area contributed by atoms with Gasteiger partial charge in [0.1, 0.15) is 11.5 Å². The number of aryl methyl sites for hydroxylation is 1. The van der Waals surface area contributed by atoms with Crippen molar-refractivity contribution in [1.82, 2.24) is 24.5 Å². The monoisotopic (exact) mass is 513 g/mol. The van der Waals surface area contributed by atoms with Crippen molar-refractivity contribution < 1.29 is 14.3 Å². The average Bonchev–Trinajstić information content (AvgIpc) is 3.39. The highest BCUT2D eigenvalue weighted by Crippen LogP contribution is 2.37. The fourth-order valence-electron chi connectivity index (χ4n) is 4.71. The van der Waals surface area contributed by atoms with Gasteiger partial charge < -0.3 is 25.0 Å². The first-order valence-corrected chi connectivity index (χ1v) is 12.5. The van der Waals surface area contributed by atoms with Gasteiger partial charge in [0.15, 0.2) is 5.65 Å². The van der Waals surface area contributed by atoms with E-state index in [4.69, 9.17) is 9.47 Å². The molecule has 0 radical (unpaired) electrons. The van der Waals surface area contributed by atoms with Crippen LogP contribution in [0.2, 0.25) is 0 Å². The Morgan fingerprint density at radius 3 is 2.74 bits per heavy atom. The number of rotatable bonds is 8. The molecule has 0 unspecified atom stereocenters. The lowest BCUT2D eigenvalue weighted by molar-refractivity contribution is -0.111. The smallest absolute Gasteiger partial charge is 0.328 e. The van der Waals surface area contributed by atoms with Gasteiger partial charge in [-0.3, -0.25) is 4.79 Å². The van der Waals surface area contributed by atoms with E-state index < -0.39 is 0 Å². The zero-order valence-corrected chi connectivity index (χ0v) is 21.8. The van der Waals surface area contributed by atoms with Crippen molar-refractivity contribution in [3.63, 3.8) is 0 Å². The van der Waals surface area contributed by atoms with Crippen LogP contribution in [0.1, 0.15) is 29.9 Å². The van der Waals surface area contributed by atoms with Gasteiger partial charge in [-0.1, -0.05) is 12.6 Å². The summed E-state index contributed by atoms with van der Waals surface area (Å²) in [4.78, 5) is 23.2. The molecule has 1 fully saturated rings. The van der Waals surface area contributed by atoms with Gasteiger partial charge in [-0.05, 0) is 87.3 Å². The van der Waals surface area contributed by atoms with E-state index in [0.29, 0.717) is 29.0 Å². The summed E-state index contributed by atoms with van der Waals surface area (Å²) in [6.07, 6.45) is 5.10. The van der Waals surface area contributed by atoms with Crippen molar-refractivity contribution in [2.75, 3.05) is 37.9 Å². The maximum Gasteiger partial charge on any atom is 0.328 e. The molecule has 2 aromatic carbocycles. The minimum atomic E-state index is -0.309. The Morgan fingerprint density at radius 2 is 1.97 bits per heavy atom. The van der Waals surface area contributed by atoms with Crippen molar-refractivity contribution in [2.24, 2.45) is 0 Å². The molecule has 1 saturated heterocycles. The molecule has 10 heteroatoms. The van der Waals surface area contributed by atoms with E-state index in [-0.39, 0.29) is 11.9 Å². The summed E-state index contributed by atoms with van der Waals surface area (Å²) in [6, 6.07) is 13.2. The molecule has 3 heterocycles. The summed E-state index contributed by atoms with van der Waals surface area (Å²) >= 11 is 0. The number of carbonyl (C=O) groups is 1. The molecule has 10 nitrogen and oxygen atoms in total. The number of likely N-dealkylation sites (tertiary alicyclic amines) is 1. The third-order valence-electron chi connectivity index (χ3n) is 6.72. The molecule has 0 atom stereocenters. The molecule has 1 aliphatic heterocycles. The van der Waals surface area contributed by atoms with E-state index in [1.54, 1.807) is 43.6 Å². The highest BCUT2D eigenvalue weighted by atomic mass is 16.5. The van der Waals surface area contributed by atoms with Gasteiger partial charge in [0.25, 0.3) is 0 Å². The van der Waals surface area contributed by atoms with Crippen LogP contribution >= 0.6 is 0 Å². The highest BCUT2D eigenvalue weighted by molar-refractivity contribution is 5.98. The number of piperidine rings is 1. The number of nitrogens with zero attached hydrogens (tertiary/aromatic N) is 5. The average molecular weight is 514 g/mol. The lowest BCUT2D eigenvalue weighted by atomic mass is 9.86. The van der Waals surface area contributed by atoms with Crippen LogP contribution in [0.4, 0.5) is 17.3 Å². The fraction of sp³-hybridized carbons (Fsp3) is 0.286. The molecule has 38 heavy (non-hydrogen) atoms. The maximum absolute atomic E-state index is 11.7. The lowest BCUT2D eigenvalue weighted by Crippen LogP contribution is -2.29. The summed E-state index contributed by atoms with van der Waals surface area (Å²) in [7, 11) is 3.84. The molecule has 1 amide bonds. The van der Waals surface area contributed by atoms with Crippen LogP contribution in [0.25, 0.3) is 5.65 Å². The maximum atomic E-state index is 11.7. The number of hydrogen-bond acceptors (Lipinski definition) is 8. The molecule has 5 rings (SSSR count). The van der Waals surface area contributed by atoms with Crippen LogP contribution in [-0.2, 0) is 4.79 Å². The van der Waals surface area contributed by atoms with Crippen LogP contribution in [0.15, 0.2) is 61.3 Å². The molecule has 0 saturated carbocycles. The van der Waals surface area contributed by atoms with Crippen LogP contribution in [0.3, 0.4) is 0 Å².